The van der Waals surface area contributed by atoms with Gasteiger partial charge in [-0.15, -0.1) is 11.3 Å². The number of nitrogens with zero attached hydrogens (tertiary/aromatic N) is 3. The van der Waals surface area contributed by atoms with E-state index in [0.29, 0.717) is 6.54 Å². The molecule has 0 amide bonds. The summed E-state index contributed by atoms with van der Waals surface area (Å²) >= 11 is 1.49. The Morgan fingerprint density at radius 2 is 2.33 bits per heavy atom. The Morgan fingerprint density at radius 3 is 2.90 bits per heavy atom. The maximum atomic E-state index is 10.9. The average Bonchev–Trinajstić information content (AvgIpc) is 2.98. The summed E-state index contributed by atoms with van der Waals surface area (Å²) < 4.78 is 0. The Labute approximate surface area is 123 Å². The molecular formula is C12H12N4O4S. The molecule has 2 aromatic heterocycles. The Kier molecular flexibility index (Phi) is 4.43. The minimum absolute atomic E-state index is 0.0277. The quantitative estimate of drug-likeness (QED) is 0.621. The first-order chi connectivity index (χ1) is 9.99. The first-order valence-corrected chi connectivity index (χ1v) is 6.89. The minimum atomic E-state index is -1.24. The lowest BCUT2D eigenvalue weighted by Crippen LogP contribution is -2.13. The molecule has 0 fully saturated rings. The van der Waals surface area contributed by atoms with Crippen molar-refractivity contribution in [3.63, 3.8) is 0 Å². The zero-order valence-corrected chi connectivity index (χ0v) is 11.8. The summed E-state index contributed by atoms with van der Waals surface area (Å²) in [5, 5.41) is 25.4. The third kappa shape index (κ3) is 3.51. The molecule has 110 valence electrons. The third-order valence-electron chi connectivity index (χ3n) is 2.74. The third-order valence-corrected chi connectivity index (χ3v) is 3.75. The number of hydrogen-bond donors (Lipinski definition) is 2. The van der Waals surface area contributed by atoms with E-state index in [1.54, 1.807) is 6.20 Å². The van der Waals surface area contributed by atoms with Crippen LogP contribution in [0.2, 0.25) is 0 Å². The topological polar surface area (TPSA) is 118 Å². The van der Waals surface area contributed by atoms with Gasteiger partial charge in [0.25, 0.3) is 0 Å². The molecule has 0 saturated carbocycles. The lowest BCUT2D eigenvalue weighted by molar-refractivity contribution is -0.384. The highest BCUT2D eigenvalue weighted by Gasteiger charge is 2.19. The van der Waals surface area contributed by atoms with Crippen LogP contribution in [0.15, 0.2) is 23.7 Å². The van der Waals surface area contributed by atoms with E-state index >= 15 is 0 Å². The van der Waals surface area contributed by atoms with Gasteiger partial charge >= 0.3 is 11.7 Å². The fraction of sp³-hybridized carbons (Fsp3) is 0.250. The maximum Gasteiger partial charge on any atom is 0.354 e. The van der Waals surface area contributed by atoms with Gasteiger partial charge in [0.2, 0.25) is 5.82 Å². The van der Waals surface area contributed by atoms with Gasteiger partial charge < -0.3 is 10.4 Å². The second-order valence-corrected chi connectivity index (χ2v) is 5.20. The van der Waals surface area contributed by atoms with E-state index < -0.39 is 10.9 Å². The molecule has 0 aliphatic carbocycles. The molecule has 9 heteroatoms. The summed E-state index contributed by atoms with van der Waals surface area (Å²) in [6, 6.07) is 2.24. The maximum absolute atomic E-state index is 10.9. The van der Waals surface area contributed by atoms with E-state index in [-0.39, 0.29) is 23.1 Å². The van der Waals surface area contributed by atoms with E-state index in [9.17, 15) is 14.9 Å². The van der Waals surface area contributed by atoms with E-state index in [2.05, 4.69) is 15.3 Å². The first kappa shape index (κ1) is 14.9. The molecule has 21 heavy (non-hydrogen) atoms. The van der Waals surface area contributed by atoms with Crippen LogP contribution in [-0.4, -0.2) is 32.5 Å². The molecule has 0 aliphatic heterocycles. The van der Waals surface area contributed by atoms with Crippen molar-refractivity contribution in [1.82, 2.24) is 9.97 Å². The summed E-state index contributed by atoms with van der Waals surface area (Å²) in [5.41, 5.74) is -0.503. The zero-order chi connectivity index (χ0) is 15.4. The smallest absolute Gasteiger partial charge is 0.354 e. The number of thiazole rings is 1. The number of anilines is 1. The standard InChI is InChI=1S/C12H12N4O4S/c1-7(11-13-4-5-21-11)6-14-10-9(16(19)20)3-2-8(15-10)12(17)18/h2-5,7H,6H2,1H3,(H,14,15)(H,17,18). The molecule has 2 N–H and O–H groups in total. The molecule has 2 heterocycles. The number of pyridine rings is 1. The van der Waals surface area contributed by atoms with Crippen molar-refractivity contribution in [2.75, 3.05) is 11.9 Å². The Morgan fingerprint density at radius 1 is 1.57 bits per heavy atom. The molecule has 0 aromatic carbocycles. The summed E-state index contributed by atoms with van der Waals surface area (Å²) in [6.45, 7) is 2.28. The number of rotatable bonds is 6. The summed E-state index contributed by atoms with van der Waals surface area (Å²) in [7, 11) is 0. The van der Waals surface area contributed by atoms with Gasteiger partial charge in [-0.3, -0.25) is 10.1 Å². The SMILES string of the molecule is CC(CNc1nc(C(=O)O)ccc1[N+](=O)[O-])c1nccs1. The second-order valence-electron chi connectivity index (χ2n) is 4.28. The van der Waals surface area contributed by atoms with Crippen LogP contribution in [0.25, 0.3) is 0 Å². The molecule has 1 unspecified atom stereocenters. The van der Waals surface area contributed by atoms with E-state index in [4.69, 9.17) is 5.11 Å². The van der Waals surface area contributed by atoms with E-state index in [1.807, 2.05) is 12.3 Å². The second kappa shape index (κ2) is 6.27. The van der Waals surface area contributed by atoms with Crippen molar-refractivity contribution >= 4 is 28.8 Å². The van der Waals surface area contributed by atoms with Crippen molar-refractivity contribution < 1.29 is 14.8 Å². The summed E-state index contributed by atoms with van der Waals surface area (Å²) in [5.74, 6) is -1.26. The number of nitro groups is 1. The molecule has 0 aliphatic rings. The lowest BCUT2D eigenvalue weighted by Gasteiger charge is -2.11. The van der Waals surface area contributed by atoms with Gasteiger partial charge in [0, 0.05) is 30.1 Å². The molecule has 1 atom stereocenters. The number of aromatic nitrogens is 2. The number of aromatic carboxylic acids is 1. The van der Waals surface area contributed by atoms with Gasteiger partial charge in [-0.25, -0.2) is 14.8 Å². The van der Waals surface area contributed by atoms with E-state index in [0.717, 1.165) is 17.1 Å². The number of carboxylic acid groups (broad SMARTS) is 1. The van der Waals surface area contributed by atoms with Crippen LogP contribution in [0.5, 0.6) is 0 Å². The molecule has 8 nitrogen and oxygen atoms in total. The minimum Gasteiger partial charge on any atom is -0.477 e. The lowest BCUT2D eigenvalue weighted by atomic mass is 10.2. The monoisotopic (exact) mass is 308 g/mol. The molecule has 2 aromatic rings. The highest BCUT2D eigenvalue weighted by Crippen LogP contribution is 2.24. The average molecular weight is 308 g/mol. The van der Waals surface area contributed by atoms with Gasteiger partial charge in [0.05, 0.1) is 9.93 Å². The van der Waals surface area contributed by atoms with Crippen molar-refractivity contribution in [1.29, 1.82) is 0 Å². The van der Waals surface area contributed by atoms with Gasteiger partial charge in [0.15, 0.2) is 5.69 Å². The van der Waals surface area contributed by atoms with Crippen LogP contribution in [0.1, 0.15) is 28.3 Å². The highest BCUT2D eigenvalue weighted by molar-refractivity contribution is 7.09. The number of hydrogen-bond acceptors (Lipinski definition) is 7. The fourth-order valence-corrected chi connectivity index (χ4v) is 2.36. The Balaban J connectivity index is 2.19. The van der Waals surface area contributed by atoms with Crippen molar-refractivity contribution in [3.05, 3.63) is 44.5 Å². The normalized spacial score (nSPS) is 11.9. The zero-order valence-electron chi connectivity index (χ0n) is 11.0. The van der Waals surface area contributed by atoms with Crippen molar-refractivity contribution in [3.8, 4) is 0 Å². The Bertz CT molecular complexity index is 659. The number of nitrogens with one attached hydrogen (secondary N) is 1. The predicted molar refractivity (Wildman–Crippen MR) is 76.9 cm³/mol. The van der Waals surface area contributed by atoms with Crippen LogP contribution in [0, 0.1) is 10.1 Å². The number of carbonyl (C=O) groups is 1. The van der Waals surface area contributed by atoms with Crippen molar-refractivity contribution in [2.24, 2.45) is 0 Å². The van der Waals surface area contributed by atoms with Crippen LogP contribution >= 0.6 is 11.3 Å². The molecular weight excluding hydrogens is 296 g/mol. The van der Waals surface area contributed by atoms with Crippen LogP contribution in [0.3, 0.4) is 0 Å². The van der Waals surface area contributed by atoms with E-state index in [1.165, 1.54) is 11.3 Å². The number of carboxylic acids is 1. The largest absolute Gasteiger partial charge is 0.477 e. The molecule has 0 radical (unpaired) electrons. The van der Waals surface area contributed by atoms with Crippen LogP contribution in [-0.2, 0) is 0 Å². The van der Waals surface area contributed by atoms with Crippen LogP contribution in [0.4, 0.5) is 11.5 Å². The molecule has 0 spiro atoms. The van der Waals surface area contributed by atoms with Gasteiger partial charge in [-0.1, -0.05) is 6.92 Å². The van der Waals surface area contributed by atoms with Crippen LogP contribution < -0.4 is 5.32 Å². The fourth-order valence-electron chi connectivity index (χ4n) is 1.66. The molecule has 0 bridgehead atoms. The van der Waals surface area contributed by atoms with Gasteiger partial charge in [0.1, 0.15) is 0 Å². The van der Waals surface area contributed by atoms with Crippen molar-refractivity contribution in [2.45, 2.75) is 12.8 Å². The highest BCUT2D eigenvalue weighted by atomic mass is 32.1. The van der Waals surface area contributed by atoms with Gasteiger partial charge in [-0.2, -0.15) is 0 Å². The van der Waals surface area contributed by atoms with Gasteiger partial charge in [-0.05, 0) is 6.07 Å². The summed E-state index contributed by atoms with van der Waals surface area (Å²) in [4.78, 5) is 29.2. The first-order valence-electron chi connectivity index (χ1n) is 6.01. The Hall–Kier alpha value is -2.55. The summed E-state index contributed by atoms with van der Waals surface area (Å²) in [6.07, 6.45) is 1.68. The molecule has 2 rings (SSSR count). The predicted octanol–water partition coefficient (Wildman–Crippen LogP) is 2.36. The molecule has 0 saturated heterocycles.